The fraction of sp³-hybridized carbons (Fsp3) is 0.818. The highest BCUT2D eigenvalue weighted by molar-refractivity contribution is 5.78. The lowest BCUT2D eigenvalue weighted by molar-refractivity contribution is -0.146. The molecule has 3 N–H and O–H groups in total. The monoisotopic (exact) mass is 244 g/mol. The van der Waals surface area contributed by atoms with E-state index in [9.17, 15) is 9.59 Å². The Morgan fingerprint density at radius 2 is 2.29 bits per heavy atom. The van der Waals surface area contributed by atoms with E-state index in [-0.39, 0.29) is 18.4 Å². The molecule has 1 aliphatic rings. The molecular weight excluding hydrogens is 224 g/mol. The average Bonchev–Trinajstić information content (AvgIpc) is 2.35. The summed E-state index contributed by atoms with van der Waals surface area (Å²) in [6.07, 6.45) is 1.32. The van der Waals surface area contributed by atoms with E-state index in [4.69, 9.17) is 15.6 Å². The van der Waals surface area contributed by atoms with Crippen LogP contribution in [0.25, 0.3) is 0 Å². The van der Waals surface area contributed by atoms with Crippen LogP contribution < -0.4 is 5.73 Å². The molecule has 1 saturated heterocycles. The smallest absolute Gasteiger partial charge is 0.308 e. The van der Waals surface area contributed by atoms with E-state index in [2.05, 4.69) is 0 Å². The van der Waals surface area contributed by atoms with Crippen molar-refractivity contribution in [2.75, 3.05) is 26.7 Å². The number of nitrogens with two attached hydrogens (primary N) is 1. The summed E-state index contributed by atoms with van der Waals surface area (Å²) in [7, 11) is 1.51. The Hall–Kier alpha value is -1.14. The summed E-state index contributed by atoms with van der Waals surface area (Å²) in [4.78, 5) is 24.4. The van der Waals surface area contributed by atoms with Crippen LogP contribution in [-0.4, -0.2) is 54.7 Å². The molecule has 1 amide bonds. The Balaban J connectivity index is 2.48. The minimum absolute atomic E-state index is 0.0757. The molecule has 1 aliphatic heterocycles. The van der Waals surface area contributed by atoms with Crippen LogP contribution in [0.4, 0.5) is 0 Å². The number of rotatable bonds is 5. The molecule has 6 nitrogen and oxygen atoms in total. The standard InChI is InChI=1S/C11H20N2O4/c1-17-9(6-12)5-10(14)13-4-2-3-8(7-13)11(15)16/h8-9H,2-7,12H2,1H3,(H,15,16)/t8-,9?/m0/s1. The van der Waals surface area contributed by atoms with Gasteiger partial charge in [0, 0.05) is 26.7 Å². The molecule has 0 radical (unpaired) electrons. The number of carboxylic acid groups (broad SMARTS) is 1. The highest BCUT2D eigenvalue weighted by atomic mass is 16.5. The third-order valence-electron chi connectivity index (χ3n) is 3.12. The molecule has 98 valence electrons. The van der Waals surface area contributed by atoms with Crippen LogP contribution in [0.2, 0.25) is 0 Å². The Bertz CT molecular complexity index is 279. The molecule has 1 unspecified atom stereocenters. The maximum atomic E-state index is 11.9. The van der Waals surface area contributed by atoms with Gasteiger partial charge >= 0.3 is 5.97 Å². The predicted octanol–water partition coefficient (Wildman–Crippen LogP) is -0.327. The molecule has 0 aliphatic carbocycles. The first kappa shape index (κ1) is 13.9. The highest BCUT2D eigenvalue weighted by Crippen LogP contribution is 2.17. The van der Waals surface area contributed by atoms with Gasteiger partial charge < -0.3 is 20.5 Å². The molecule has 0 saturated carbocycles. The predicted molar refractivity (Wildman–Crippen MR) is 61.4 cm³/mol. The number of carbonyl (C=O) groups is 2. The fourth-order valence-corrected chi connectivity index (χ4v) is 1.99. The summed E-state index contributed by atoms with van der Waals surface area (Å²) in [6.45, 7) is 1.22. The van der Waals surface area contributed by atoms with Crippen molar-refractivity contribution in [2.45, 2.75) is 25.4 Å². The number of nitrogens with zero attached hydrogens (tertiary/aromatic N) is 1. The Morgan fingerprint density at radius 3 is 2.82 bits per heavy atom. The van der Waals surface area contributed by atoms with Gasteiger partial charge in [-0.15, -0.1) is 0 Å². The molecule has 0 aromatic carbocycles. The normalized spacial score (nSPS) is 22.2. The second-order valence-corrected chi connectivity index (χ2v) is 4.31. The first-order valence-corrected chi connectivity index (χ1v) is 5.82. The van der Waals surface area contributed by atoms with Gasteiger partial charge in [-0.2, -0.15) is 0 Å². The zero-order chi connectivity index (χ0) is 12.8. The first-order valence-electron chi connectivity index (χ1n) is 5.82. The molecule has 0 bridgehead atoms. The van der Waals surface area contributed by atoms with Crippen LogP contribution in [0.15, 0.2) is 0 Å². The first-order chi connectivity index (χ1) is 8.08. The number of methoxy groups -OCH3 is 1. The largest absolute Gasteiger partial charge is 0.481 e. The van der Waals surface area contributed by atoms with E-state index < -0.39 is 11.9 Å². The summed E-state index contributed by atoms with van der Waals surface area (Å²) in [5.74, 6) is -1.34. The van der Waals surface area contributed by atoms with Gasteiger partial charge in [-0.1, -0.05) is 0 Å². The molecule has 0 aromatic rings. The molecular formula is C11H20N2O4. The number of amides is 1. The minimum Gasteiger partial charge on any atom is -0.481 e. The Kier molecular flexibility index (Phi) is 5.37. The van der Waals surface area contributed by atoms with Crippen molar-refractivity contribution in [1.29, 1.82) is 0 Å². The number of hydrogen-bond acceptors (Lipinski definition) is 4. The zero-order valence-electron chi connectivity index (χ0n) is 10.1. The number of likely N-dealkylation sites (tertiary alicyclic amines) is 1. The van der Waals surface area contributed by atoms with Gasteiger partial charge in [0.05, 0.1) is 18.4 Å². The number of carboxylic acids is 1. The van der Waals surface area contributed by atoms with Crippen molar-refractivity contribution in [3.8, 4) is 0 Å². The van der Waals surface area contributed by atoms with Crippen LogP contribution in [0.5, 0.6) is 0 Å². The third kappa shape index (κ3) is 3.98. The minimum atomic E-state index is -0.829. The second-order valence-electron chi connectivity index (χ2n) is 4.31. The molecule has 0 spiro atoms. The third-order valence-corrected chi connectivity index (χ3v) is 3.12. The lowest BCUT2D eigenvalue weighted by atomic mass is 9.98. The summed E-state index contributed by atoms with van der Waals surface area (Å²) in [5.41, 5.74) is 5.45. The molecule has 0 aromatic heterocycles. The lowest BCUT2D eigenvalue weighted by Gasteiger charge is -2.31. The van der Waals surface area contributed by atoms with Gasteiger partial charge in [0.15, 0.2) is 0 Å². The fourth-order valence-electron chi connectivity index (χ4n) is 1.99. The van der Waals surface area contributed by atoms with E-state index in [0.29, 0.717) is 26.1 Å². The van der Waals surface area contributed by atoms with Crippen LogP contribution in [-0.2, 0) is 14.3 Å². The number of hydrogen-bond donors (Lipinski definition) is 2. The van der Waals surface area contributed by atoms with Crippen molar-refractivity contribution in [3.05, 3.63) is 0 Å². The summed E-state index contributed by atoms with van der Waals surface area (Å²) in [5, 5.41) is 8.93. The quantitative estimate of drug-likeness (QED) is 0.691. The van der Waals surface area contributed by atoms with Gasteiger partial charge in [0.2, 0.25) is 5.91 Å². The average molecular weight is 244 g/mol. The maximum Gasteiger partial charge on any atom is 0.308 e. The molecule has 1 heterocycles. The van der Waals surface area contributed by atoms with E-state index >= 15 is 0 Å². The Labute approximate surface area is 101 Å². The summed E-state index contributed by atoms with van der Waals surface area (Å²) < 4.78 is 5.05. The van der Waals surface area contributed by atoms with Gasteiger partial charge in [-0.05, 0) is 12.8 Å². The van der Waals surface area contributed by atoms with Crippen LogP contribution in [0.1, 0.15) is 19.3 Å². The number of ether oxygens (including phenoxy) is 1. The second kappa shape index (κ2) is 6.56. The number of piperidine rings is 1. The topological polar surface area (TPSA) is 92.9 Å². The highest BCUT2D eigenvalue weighted by Gasteiger charge is 2.28. The van der Waals surface area contributed by atoms with Gasteiger partial charge in [-0.25, -0.2) is 0 Å². The van der Waals surface area contributed by atoms with Crippen molar-refractivity contribution in [2.24, 2.45) is 11.7 Å². The zero-order valence-corrected chi connectivity index (χ0v) is 10.1. The maximum absolute atomic E-state index is 11.9. The van der Waals surface area contributed by atoms with Crippen LogP contribution in [0.3, 0.4) is 0 Å². The number of carbonyl (C=O) groups excluding carboxylic acids is 1. The van der Waals surface area contributed by atoms with Crippen LogP contribution in [0, 0.1) is 5.92 Å². The molecule has 6 heteroatoms. The van der Waals surface area contributed by atoms with Crippen LogP contribution >= 0.6 is 0 Å². The van der Waals surface area contributed by atoms with E-state index in [1.54, 1.807) is 4.90 Å². The SMILES string of the molecule is COC(CN)CC(=O)N1CCC[C@H](C(=O)O)C1. The number of aliphatic carboxylic acids is 1. The van der Waals surface area contributed by atoms with Crippen molar-refractivity contribution in [1.82, 2.24) is 4.90 Å². The van der Waals surface area contributed by atoms with E-state index in [1.807, 2.05) is 0 Å². The lowest BCUT2D eigenvalue weighted by Crippen LogP contribution is -2.44. The van der Waals surface area contributed by atoms with Crippen molar-refractivity contribution < 1.29 is 19.4 Å². The molecule has 1 fully saturated rings. The summed E-state index contributed by atoms with van der Waals surface area (Å²) >= 11 is 0. The van der Waals surface area contributed by atoms with E-state index in [0.717, 1.165) is 6.42 Å². The molecule has 2 atom stereocenters. The Morgan fingerprint density at radius 1 is 1.59 bits per heavy atom. The van der Waals surface area contributed by atoms with Gasteiger partial charge in [-0.3, -0.25) is 9.59 Å². The van der Waals surface area contributed by atoms with Crippen molar-refractivity contribution >= 4 is 11.9 Å². The van der Waals surface area contributed by atoms with Crippen molar-refractivity contribution in [3.63, 3.8) is 0 Å². The van der Waals surface area contributed by atoms with Gasteiger partial charge in [0.1, 0.15) is 0 Å². The van der Waals surface area contributed by atoms with E-state index in [1.165, 1.54) is 7.11 Å². The molecule has 17 heavy (non-hydrogen) atoms. The summed E-state index contributed by atoms with van der Waals surface area (Å²) in [6, 6.07) is 0. The van der Waals surface area contributed by atoms with Gasteiger partial charge in [0.25, 0.3) is 0 Å². The molecule has 1 rings (SSSR count).